The van der Waals surface area contributed by atoms with E-state index in [0.717, 1.165) is 35.3 Å². The molecule has 0 aliphatic carbocycles. The molecule has 0 saturated heterocycles. The Labute approximate surface area is 424 Å². The molecule has 0 atom stereocenters. The maximum atomic E-state index is 4.03. The standard InChI is InChI=1S/C68H52N2.C2H6/c1-5-45-13-9-17-51(37-45)55-25-33-65-61(41-55)62-42-56(52-18-10-14-46(6-2)38-52)26-34-66(62)69(65)59-29-21-49(22-30-59)50-23-31-60(32-24-50)70-67-35-27-57(53-19-11-15-47(7-3)39-53)43-63(67)64-44-58(28-36-68(64)70)54-20-12-16-48(8-4)40-54;1-2/h5,7,9-44H,1,3,6,8H2,2,4H3;1-2H3. The SMILES string of the molecule is C=Cc1cccc(-c2ccc3c(c2)c2cc(-c4cccc(CC)c4)ccc2n3-c2ccc(-c3ccc(-n4c5ccc(-c6cccc(C=C)c6)cc5c5cc(-c6cccc(CC)c6)ccc54)cc3)cc2)c1.CC. The van der Waals surface area contributed by atoms with Crippen molar-refractivity contribution in [3.63, 3.8) is 0 Å². The van der Waals surface area contributed by atoms with Gasteiger partial charge in [-0.3, -0.25) is 0 Å². The molecule has 12 aromatic rings. The summed E-state index contributed by atoms with van der Waals surface area (Å²) in [7, 11) is 0. The molecule has 2 heteroatoms. The van der Waals surface area contributed by atoms with Crippen LogP contribution in [0.4, 0.5) is 0 Å². The van der Waals surface area contributed by atoms with E-state index in [9.17, 15) is 0 Å². The highest BCUT2D eigenvalue weighted by atomic mass is 15.0. The fourth-order valence-corrected chi connectivity index (χ4v) is 10.6. The van der Waals surface area contributed by atoms with Crippen LogP contribution in [0.25, 0.3) is 123 Å². The molecule has 0 aliphatic heterocycles. The van der Waals surface area contributed by atoms with Crippen molar-refractivity contribution in [2.45, 2.75) is 40.5 Å². The number of aromatic nitrogens is 2. The Morgan fingerprint density at radius 2 is 0.583 bits per heavy atom. The molecular formula is C70H58N2. The van der Waals surface area contributed by atoms with Gasteiger partial charge in [0, 0.05) is 32.9 Å². The van der Waals surface area contributed by atoms with Crippen molar-refractivity contribution in [1.29, 1.82) is 0 Å². The molecular weight excluding hydrogens is 869 g/mol. The molecule has 0 spiro atoms. The summed E-state index contributed by atoms with van der Waals surface area (Å²) >= 11 is 0. The molecule has 12 rings (SSSR count). The minimum Gasteiger partial charge on any atom is -0.309 e. The van der Waals surface area contributed by atoms with Crippen molar-refractivity contribution < 1.29 is 0 Å². The Hall–Kier alpha value is -8.72. The van der Waals surface area contributed by atoms with Crippen LogP contribution in [0.1, 0.15) is 49.9 Å². The van der Waals surface area contributed by atoms with E-state index in [1.807, 2.05) is 26.0 Å². The van der Waals surface area contributed by atoms with Gasteiger partial charge in [0.25, 0.3) is 0 Å². The monoisotopic (exact) mass is 926 g/mol. The maximum Gasteiger partial charge on any atom is 0.0541 e. The zero-order chi connectivity index (χ0) is 49.3. The third kappa shape index (κ3) is 8.35. The van der Waals surface area contributed by atoms with E-state index in [1.165, 1.54) is 110 Å². The third-order valence-corrected chi connectivity index (χ3v) is 14.4. The molecule has 0 amide bonds. The summed E-state index contributed by atoms with van der Waals surface area (Å²) in [4.78, 5) is 0. The van der Waals surface area contributed by atoms with Crippen LogP contribution in [0, 0.1) is 0 Å². The lowest BCUT2D eigenvalue weighted by molar-refractivity contribution is 1.14. The predicted octanol–water partition coefficient (Wildman–Crippen LogP) is 19.7. The lowest BCUT2D eigenvalue weighted by atomic mass is 9.98. The summed E-state index contributed by atoms with van der Waals surface area (Å²) in [5.74, 6) is 0. The molecule has 0 unspecified atom stereocenters. The summed E-state index contributed by atoms with van der Waals surface area (Å²) in [5.41, 5.74) is 23.9. The second kappa shape index (κ2) is 19.6. The Kier molecular flexibility index (Phi) is 12.4. The average Bonchev–Trinajstić information content (AvgIpc) is 3.97. The third-order valence-electron chi connectivity index (χ3n) is 14.4. The van der Waals surface area contributed by atoms with Gasteiger partial charge in [-0.15, -0.1) is 0 Å². The van der Waals surface area contributed by atoms with Crippen LogP contribution in [0.2, 0.25) is 0 Å². The molecule has 72 heavy (non-hydrogen) atoms. The quantitative estimate of drug-likeness (QED) is 0.122. The van der Waals surface area contributed by atoms with Gasteiger partial charge < -0.3 is 9.13 Å². The number of benzene rings is 10. The van der Waals surface area contributed by atoms with Crippen molar-refractivity contribution in [2.24, 2.45) is 0 Å². The van der Waals surface area contributed by atoms with Gasteiger partial charge in [0.15, 0.2) is 0 Å². The maximum absolute atomic E-state index is 4.03. The van der Waals surface area contributed by atoms with Crippen LogP contribution in [-0.2, 0) is 12.8 Å². The van der Waals surface area contributed by atoms with Crippen molar-refractivity contribution in [2.75, 3.05) is 0 Å². The van der Waals surface area contributed by atoms with Crippen molar-refractivity contribution in [1.82, 2.24) is 9.13 Å². The smallest absolute Gasteiger partial charge is 0.0541 e. The lowest BCUT2D eigenvalue weighted by Crippen LogP contribution is -1.95. The van der Waals surface area contributed by atoms with Gasteiger partial charge in [-0.1, -0.05) is 186 Å². The van der Waals surface area contributed by atoms with Gasteiger partial charge in [0.05, 0.1) is 22.1 Å². The van der Waals surface area contributed by atoms with Gasteiger partial charge in [0.2, 0.25) is 0 Å². The van der Waals surface area contributed by atoms with E-state index in [-0.39, 0.29) is 0 Å². The lowest BCUT2D eigenvalue weighted by Gasteiger charge is -2.12. The van der Waals surface area contributed by atoms with Crippen molar-refractivity contribution in [3.05, 3.63) is 254 Å². The van der Waals surface area contributed by atoms with Crippen LogP contribution in [0.15, 0.2) is 232 Å². The molecule has 0 bridgehead atoms. The number of hydrogen-bond donors (Lipinski definition) is 0. The number of aryl methyl sites for hydroxylation is 2. The largest absolute Gasteiger partial charge is 0.309 e. The molecule has 0 fully saturated rings. The number of fused-ring (bicyclic) bond motifs is 6. The summed E-state index contributed by atoms with van der Waals surface area (Å²) < 4.78 is 4.84. The van der Waals surface area contributed by atoms with E-state index in [4.69, 9.17) is 0 Å². The molecule has 2 aromatic heterocycles. The highest BCUT2D eigenvalue weighted by molar-refractivity contribution is 6.13. The molecule has 2 heterocycles. The minimum atomic E-state index is 1.01. The van der Waals surface area contributed by atoms with E-state index in [0.29, 0.717) is 0 Å². The number of hydrogen-bond acceptors (Lipinski definition) is 0. The predicted molar refractivity (Wildman–Crippen MR) is 313 cm³/mol. The topological polar surface area (TPSA) is 9.86 Å². The molecule has 0 radical (unpaired) electrons. The van der Waals surface area contributed by atoms with Crippen LogP contribution < -0.4 is 0 Å². The first-order valence-electron chi connectivity index (χ1n) is 25.5. The molecule has 348 valence electrons. The van der Waals surface area contributed by atoms with Crippen LogP contribution in [0.3, 0.4) is 0 Å². The van der Waals surface area contributed by atoms with Gasteiger partial charge in [-0.05, 0) is 176 Å². The minimum absolute atomic E-state index is 1.01. The van der Waals surface area contributed by atoms with Gasteiger partial charge in [-0.2, -0.15) is 0 Å². The summed E-state index contributed by atoms with van der Waals surface area (Å²) in [6, 6.07) is 81.0. The summed E-state index contributed by atoms with van der Waals surface area (Å²) in [6.45, 7) is 16.5. The van der Waals surface area contributed by atoms with Crippen LogP contribution in [-0.4, -0.2) is 9.13 Å². The first-order chi connectivity index (χ1) is 35.5. The first-order valence-corrected chi connectivity index (χ1v) is 25.5. The number of rotatable bonds is 11. The zero-order valence-corrected chi connectivity index (χ0v) is 41.7. The molecule has 10 aromatic carbocycles. The highest BCUT2D eigenvalue weighted by Crippen LogP contribution is 2.40. The second-order valence-electron chi connectivity index (χ2n) is 18.5. The van der Waals surface area contributed by atoms with Crippen molar-refractivity contribution >= 4 is 55.8 Å². The van der Waals surface area contributed by atoms with Crippen LogP contribution in [0.5, 0.6) is 0 Å². The Balaban J connectivity index is 0.00000277. The zero-order valence-electron chi connectivity index (χ0n) is 41.7. The fourth-order valence-electron chi connectivity index (χ4n) is 10.6. The number of nitrogens with zero attached hydrogens (tertiary/aromatic N) is 2. The normalized spacial score (nSPS) is 11.3. The average molecular weight is 927 g/mol. The summed E-state index contributed by atoms with van der Waals surface area (Å²) in [5, 5.41) is 4.94. The second-order valence-corrected chi connectivity index (χ2v) is 18.5. The highest BCUT2D eigenvalue weighted by Gasteiger charge is 2.18. The van der Waals surface area contributed by atoms with Gasteiger partial charge >= 0.3 is 0 Å². The first kappa shape index (κ1) is 45.7. The Bertz CT molecular complexity index is 3720. The van der Waals surface area contributed by atoms with E-state index < -0.39 is 0 Å². The van der Waals surface area contributed by atoms with Crippen molar-refractivity contribution in [3.8, 4) is 67.0 Å². The Morgan fingerprint density at radius 1 is 0.306 bits per heavy atom. The fraction of sp³-hybridized carbons (Fsp3) is 0.0857. The van der Waals surface area contributed by atoms with E-state index in [2.05, 4.69) is 255 Å². The van der Waals surface area contributed by atoms with Crippen LogP contribution >= 0.6 is 0 Å². The Morgan fingerprint density at radius 3 is 0.889 bits per heavy atom. The summed E-state index contributed by atoms with van der Waals surface area (Å²) in [6.07, 6.45) is 5.84. The molecule has 2 nitrogen and oxygen atoms in total. The molecule has 0 saturated carbocycles. The van der Waals surface area contributed by atoms with E-state index >= 15 is 0 Å². The molecule has 0 aliphatic rings. The van der Waals surface area contributed by atoms with E-state index in [1.54, 1.807) is 0 Å². The molecule has 0 N–H and O–H groups in total. The van der Waals surface area contributed by atoms with Gasteiger partial charge in [0.1, 0.15) is 0 Å². The van der Waals surface area contributed by atoms with Gasteiger partial charge in [-0.25, -0.2) is 0 Å².